The van der Waals surface area contributed by atoms with E-state index in [0.717, 1.165) is 12.1 Å². The minimum absolute atomic E-state index is 0.0728. The first-order valence-corrected chi connectivity index (χ1v) is 5.33. The number of nitrogens with one attached hydrogen (secondary N) is 3. The van der Waals surface area contributed by atoms with Crippen molar-refractivity contribution in [2.45, 2.75) is 32.2 Å². The monoisotopic (exact) mass is 222 g/mol. The molecule has 1 aliphatic rings. The van der Waals surface area contributed by atoms with Gasteiger partial charge in [-0.15, -0.1) is 0 Å². The Labute approximate surface area is 92.8 Å². The van der Waals surface area contributed by atoms with Crippen LogP contribution in [0.3, 0.4) is 0 Å². The minimum atomic E-state index is -0.422. The third-order valence-electron chi connectivity index (χ3n) is 2.57. The van der Waals surface area contributed by atoms with E-state index in [1.807, 2.05) is 6.92 Å². The van der Waals surface area contributed by atoms with Crippen LogP contribution in [0.5, 0.6) is 0 Å². The van der Waals surface area contributed by atoms with Crippen molar-refractivity contribution >= 4 is 17.6 Å². The molecule has 0 unspecified atom stereocenters. The Balaban J connectivity index is 1.94. The molecule has 1 fully saturated rings. The lowest BCUT2D eigenvalue weighted by Gasteiger charge is -2.08. The second-order valence-electron chi connectivity index (χ2n) is 3.78. The van der Waals surface area contributed by atoms with Crippen molar-refractivity contribution in [1.29, 1.82) is 0 Å². The number of aromatic nitrogens is 2. The molecule has 0 saturated carbocycles. The summed E-state index contributed by atoms with van der Waals surface area (Å²) in [7, 11) is 0. The lowest BCUT2D eigenvalue weighted by Crippen LogP contribution is -2.37. The van der Waals surface area contributed by atoms with Crippen LogP contribution in [0.4, 0.5) is 5.82 Å². The number of carbonyl (C=O) groups is 2. The number of amides is 2. The Bertz CT molecular complexity index is 413. The number of H-pyrrole nitrogens is 1. The summed E-state index contributed by atoms with van der Waals surface area (Å²) in [4.78, 5) is 22.6. The van der Waals surface area contributed by atoms with E-state index in [9.17, 15) is 9.59 Å². The molecule has 1 aromatic heterocycles. The summed E-state index contributed by atoms with van der Waals surface area (Å²) >= 11 is 0. The Morgan fingerprint density at radius 3 is 3.06 bits per heavy atom. The van der Waals surface area contributed by atoms with E-state index in [0.29, 0.717) is 18.7 Å². The Morgan fingerprint density at radius 1 is 1.69 bits per heavy atom. The van der Waals surface area contributed by atoms with Crippen LogP contribution in [0.15, 0.2) is 6.07 Å². The van der Waals surface area contributed by atoms with Crippen LogP contribution < -0.4 is 10.6 Å². The highest BCUT2D eigenvalue weighted by molar-refractivity contribution is 5.98. The van der Waals surface area contributed by atoms with E-state index >= 15 is 0 Å². The highest BCUT2D eigenvalue weighted by Gasteiger charge is 2.27. The number of hydrogen-bond acceptors (Lipinski definition) is 3. The summed E-state index contributed by atoms with van der Waals surface area (Å²) in [5, 5.41) is 12.0. The molecule has 86 valence electrons. The quantitative estimate of drug-likeness (QED) is 0.682. The van der Waals surface area contributed by atoms with Crippen LogP contribution in [-0.2, 0) is 16.0 Å². The van der Waals surface area contributed by atoms with Crippen LogP contribution in [0, 0.1) is 0 Å². The van der Waals surface area contributed by atoms with Gasteiger partial charge in [0, 0.05) is 18.2 Å². The smallest absolute Gasteiger partial charge is 0.248 e. The molecule has 3 N–H and O–H groups in total. The van der Waals surface area contributed by atoms with Crippen molar-refractivity contribution in [3.05, 3.63) is 11.8 Å². The Hall–Kier alpha value is -1.85. The van der Waals surface area contributed by atoms with E-state index in [2.05, 4.69) is 20.8 Å². The second kappa shape index (κ2) is 4.34. The topological polar surface area (TPSA) is 86.9 Å². The van der Waals surface area contributed by atoms with Crippen molar-refractivity contribution < 1.29 is 9.59 Å². The lowest BCUT2D eigenvalue weighted by atomic mass is 10.2. The van der Waals surface area contributed by atoms with Crippen molar-refractivity contribution in [3.63, 3.8) is 0 Å². The molecular formula is C10H14N4O2. The first-order chi connectivity index (χ1) is 7.69. The van der Waals surface area contributed by atoms with Gasteiger partial charge in [-0.3, -0.25) is 14.7 Å². The van der Waals surface area contributed by atoms with Gasteiger partial charge in [0.1, 0.15) is 6.04 Å². The molecule has 2 rings (SSSR count). The molecule has 6 nitrogen and oxygen atoms in total. The Morgan fingerprint density at radius 2 is 2.50 bits per heavy atom. The fourth-order valence-electron chi connectivity index (χ4n) is 1.63. The summed E-state index contributed by atoms with van der Waals surface area (Å²) in [5.74, 6) is 0.222. The molecule has 1 aliphatic heterocycles. The molecule has 0 aliphatic carbocycles. The largest absolute Gasteiger partial charge is 0.344 e. The highest BCUT2D eigenvalue weighted by Crippen LogP contribution is 2.10. The van der Waals surface area contributed by atoms with Crippen LogP contribution in [0.2, 0.25) is 0 Å². The zero-order chi connectivity index (χ0) is 11.5. The maximum atomic E-state index is 11.7. The average molecular weight is 222 g/mol. The summed E-state index contributed by atoms with van der Waals surface area (Å²) in [6, 6.07) is 1.36. The summed E-state index contributed by atoms with van der Waals surface area (Å²) in [5.41, 5.74) is 0.964. The first kappa shape index (κ1) is 10.7. The molecule has 16 heavy (non-hydrogen) atoms. The molecule has 1 aromatic rings. The zero-order valence-electron chi connectivity index (χ0n) is 9.04. The molecule has 0 radical (unpaired) electrons. The van der Waals surface area contributed by atoms with Crippen LogP contribution in [0.1, 0.15) is 25.5 Å². The number of rotatable bonds is 3. The SMILES string of the molecule is CCc1cc(NC(=O)[C@H]2CCC(=O)N2)n[nH]1. The summed E-state index contributed by atoms with van der Waals surface area (Å²) in [6.45, 7) is 2.00. The van der Waals surface area contributed by atoms with Crippen LogP contribution in [0.25, 0.3) is 0 Å². The maximum Gasteiger partial charge on any atom is 0.248 e. The van der Waals surface area contributed by atoms with Crippen molar-refractivity contribution in [3.8, 4) is 0 Å². The highest BCUT2D eigenvalue weighted by atomic mass is 16.2. The third-order valence-corrected chi connectivity index (χ3v) is 2.57. The molecule has 2 amide bonds. The lowest BCUT2D eigenvalue weighted by molar-refractivity contribution is -0.122. The summed E-state index contributed by atoms with van der Waals surface area (Å²) in [6.07, 6.45) is 1.80. The first-order valence-electron chi connectivity index (χ1n) is 5.33. The van der Waals surface area contributed by atoms with Gasteiger partial charge in [0.05, 0.1) is 0 Å². The standard InChI is InChI=1S/C10H14N4O2/c1-2-6-5-8(14-13-6)12-10(16)7-3-4-9(15)11-7/h5,7H,2-4H2,1H3,(H,11,15)(H2,12,13,14,16)/t7-/m1/s1. The van der Waals surface area contributed by atoms with Gasteiger partial charge in [0.15, 0.2) is 5.82 Å². The number of aromatic amines is 1. The van der Waals surface area contributed by atoms with Crippen LogP contribution >= 0.6 is 0 Å². The number of aryl methyl sites for hydroxylation is 1. The Kier molecular flexibility index (Phi) is 2.89. The molecule has 1 atom stereocenters. The summed E-state index contributed by atoms with van der Waals surface area (Å²) < 4.78 is 0. The van der Waals surface area contributed by atoms with E-state index < -0.39 is 6.04 Å². The predicted octanol–water partition coefficient (Wildman–Crippen LogP) is 0.189. The molecule has 6 heteroatoms. The van der Waals surface area contributed by atoms with E-state index in [-0.39, 0.29) is 11.8 Å². The number of anilines is 1. The fraction of sp³-hybridized carbons (Fsp3) is 0.500. The van der Waals surface area contributed by atoms with Gasteiger partial charge in [-0.25, -0.2) is 0 Å². The van der Waals surface area contributed by atoms with Crippen molar-refractivity contribution in [1.82, 2.24) is 15.5 Å². The third kappa shape index (κ3) is 2.21. The molecular weight excluding hydrogens is 208 g/mol. The maximum absolute atomic E-state index is 11.7. The van der Waals surface area contributed by atoms with Crippen molar-refractivity contribution in [2.75, 3.05) is 5.32 Å². The zero-order valence-corrected chi connectivity index (χ0v) is 9.04. The van der Waals surface area contributed by atoms with Gasteiger partial charge in [0.2, 0.25) is 11.8 Å². The molecule has 0 aromatic carbocycles. The van der Waals surface area contributed by atoms with Crippen molar-refractivity contribution in [2.24, 2.45) is 0 Å². The predicted molar refractivity (Wildman–Crippen MR) is 57.8 cm³/mol. The van der Waals surface area contributed by atoms with Gasteiger partial charge in [0.25, 0.3) is 0 Å². The van der Waals surface area contributed by atoms with Crippen LogP contribution in [-0.4, -0.2) is 28.1 Å². The van der Waals surface area contributed by atoms with Gasteiger partial charge in [-0.1, -0.05) is 6.92 Å². The van der Waals surface area contributed by atoms with Gasteiger partial charge in [-0.05, 0) is 12.8 Å². The molecule has 1 saturated heterocycles. The van der Waals surface area contributed by atoms with Gasteiger partial charge < -0.3 is 10.6 Å². The normalized spacial score (nSPS) is 19.6. The number of nitrogens with zero attached hydrogens (tertiary/aromatic N) is 1. The second-order valence-corrected chi connectivity index (χ2v) is 3.78. The minimum Gasteiger partial charge on any atom is -0.344 e. The number of carbonyl (C=O) groups excluding carboxylic acids is 2. The molecule has 0 bridgehead atoms. The van der Waals surface area contributed by atoms with Gasteiger partial charge >= 0.3 is 0 Å². The van der Waals surface area contributed by atoms with Gasteiger partial charge in [-0.2, -0.15) is 5.10 Å². The number of hydrogen-bond donors (Lipinski definition) is 3. The van der Waals surface area contributed by atoms with E-state index in [1.165, 1.54) is 0 Å². The van der Waals surface area contributed by atoms with E-state index in [1.54, 1.807) is 6.07 Å². The molecule has 2 heterocycles. The van der Waals surface area contributed by atoms with E-state index in [4.69, 9.17) is 0 Å². The molecule has 0 spiro atoms. The average Bonchev–Trinajstić information content (AvgIpc) is 2.87. The fourth-order valence-corrected chi connectivity index (χ4v) is 1.63.